The first kappa shape index (κ1) is 16.7. The van der Waals surface area contributed by atoms with Crippen LogP contribution in [0.3, 0.4) is 0 Å². The van der Waals surface area contributed by atoms with Crippen molar-refractivity contribution in [2.75, 3.05) is 6.61 Å². The highest BCUT2D eigenvalue weighted by Gasteiger charge is 2.56. The molecule has 1 N–H and O–H groups in total. The lowest BCUT2D eigenvalue weighted by molar-refractivity contribution is -0.0474. The van der Waals surface area contributed by atoms with Crippen molar-refractivity contribution in [2.45, 2.75) is 84.2 Å². The molecule has 0 aromatic rings. The summed E-state index contributed by atoms with van der Waals surface area (Å²) in [7, 11) is 0. The Morgan fingerprint density at radius 2 is 2.08 bits per heavy atom. The number of aliphatic hydroxyl groups excluding tert-OH is 1. The molecule has 4 aliphatic rings. The van der Waals surface area contributed by atoms with Gasteiger partial charge in [0.1, 0.15) is 0 Å². The van der Waals surface area contributed by atoms with Crippen LogP contribution in [0.2, 0.25) is 0 Å². The van der Waals surface area contributed by atoms with E-state index in [9.17, 15) is 5.11 Å². The fraction of sp³-hybridized carbons (Fsp3) is 0.818. The van der Waals surface area contributed by atoms with Crippen LogP contribution in [0.4, 0.5) is 0 Å². The number of aliphatic hydroxyl groups is 1. The number of rotatable bonds is 4. The zero-order valence-corrected chi connectivity index (χ0v) is 15.5. The second-order valence-corrected chi connectivity index (χ2v) is 8.66. The van der Waals surface area contributed by atoms with Gasteiger partial charge in [0.25, 0.3) is 0 Å². The van der Waals surface area contributed by atoms with Crippen molar-refractivity contribution in [3.05, 3.63) is 23.0 Å². The van der Waals surface area contributed by atoms with Crippen LogP contribution in [0, 0.1) is 23.2 Å². The first-order chi connectivity index (χ1) is 11.7. The molecule has 0 aromatic heterocycles. The standard InChI is InChI=1S/C22H34O2/c1-3-13-24-16-6-8-17-15(14-16)5-7-19-18(17)11-12-22(4-2)20(19)9-10-21(22)23/h6,18-21,23H,3-5,7-14H2,1-2H3/t18-,19-,20+,21+,22+/m1/s1. The lowest BCUT2D eigenvalue weighted by atomic mass is 9.53. The molecule has 2 heteroatoms. The summed E-state index contributed by atoms with van der Waals surface area (Å²) in [5.74, 6) is 3.63. The van der Waals surface area contributed by atoms with Crippen molar-refractivity contribution in [2.24, 2.45) is 23.2 Å². The van der Waals surface area contributed by atoms with Crippen LogP contribution in [-0.4, -0.2) is 17.8 Å². The van der Waals surface area contributed by atoms with E-state index < -0.39 is 0 Å². The maximum Gasteiger partial charge on any atom is 0.0963 e. The zero-order chi connectivity index (χ0) is 16.7. The molecule has 5 atom stereocenters. The van der Waals surface area contributed by atoms with Crippen molar-refractivity contribution >= 4 is 0 Å². The Hall–Kier alpha value is -0.760. The Balaban J connectivity index is 1.53. The molecule has 24 heavy (non-hydrogen) atoms. The topological polar surface area (TPSA) is 29.5 Å². The molecule has 134 valence electrons. The summed E-state index contributed by atoms with van der Waals surface area (Å²) < 4.78 is 5.93. The van der Waals surface area contributed by atoms with Gasteiger partial charge in [-0.15, -0.1) is 0 Å². The Morgan fingerprint density at radius 1 is 1.21 bits per heavy atom. The highest BCUT2D eigenvalue weighted by atomic mass is 16.5. The molecule has 0 radical (unpaired) electrons. The van der Waals surface area contributed by atoms with Gasteiger partial charge in [-0.1, -0.05) is 25.0 Å². The Labute approximate surface area is 147 Å². The van der Waals surface area contributed by atoms with E-state index in [1.807, 2.05) is 0 Å². The number of hydrogen-bond acceptors (Lipinski definition) is 2. The normalized spacial score (nSPS) is 41.4. The average molecular weight is 331 g/mol. The lowest BCUT2D eigenvalue weighted by Gasteiger charge is -2.52. The summed E-state index contributed by atoms with van der Waals surface area (Å²) in [6.45, 7) is 5.35. The number of fused-ring (bicyclic) bond motifs is 4. The minimum Gasteiger partial charge on any atom is -0.498 e. The first-order valence-electron chi connectivity index (χ1n) is 10.4. The SMILES string of the molecule is CCCOC1=CCC2=C(CC[C@@H]3[C@@H]2CC[C@]2(CC)[C@@H](O)CC[C@@H]32)C1. The van der Waals surface area contributed by atoms with Crippen LogP contribution in [0.5, 0.6) is 0 Å². The Kier molecular flexibility index (Phi) is 4.53. The van der Waals surface area contributed by atoms with Crippen LogP contribution in [0.1, 0.15) is 78.1 Å². The average Bonchev–Trinajstić information content (AvgIpc) is 2.96. The monoisotopic (exact) mass is 330 g/mol. The maximum atomic E-state index is 10.7. The van der Waals surface area contributed by atoms with E-state index in [2.05, 4.69) is 19.9 Å². The van der Waals surface area contributed by atoms with Crippen molar-refractivity contribution in [3.8, 4) is 0 Å². The van der Waals surface area contributed by atoms with Gasteiger partial charge in [0.2, 0.25) is 0 Å². The van der Waals surface area contributed by atoms with E-state index in [1.54, 1.807) is 11.1 Å². The molecule has 0 aromatic carbocycles. The van der Waals surface area contributed by atoms with Gasteiger partial charge in [-0.2, -0.15) is 0 Å². The second-order valence-electron chi connectivity index (χ2n) is 8.66. The quantitative estimate of drug-likeness (QED) is 0.702. The van der Waals surface area contributed by atoms with Crippen LogP contribution in [0.15, 0.2) is 23.0 Å². The van der Waals surface area contributed by atoms with Crippen molar-refractivity contribution in [1.29, 1.82) is 0 Å². The van der Waals surface area contributed by atoms with E-state index in [4.69, 9.17) is 4.74 Å². The zero-order valence-electron chi connectivity index (χ0n) is 15.5. The number of allylic oxidation sites excluding steroid dienone is 3. The minimum absolute atomic E-state index is 0.0378. The molecule has 0 amide bonds. The number of hydrogen-bond donors (Lipinski definition) is 1. The molecule has 0 saturated heterocycles. The van der Waals surface area contributed by atoms with Gasteiger partial charge in [0, 0.05) is 6.42 Å². The molecule has 0 unspecified atom stereocenters. The molecule has 2 nitrogen and oxygen atoms in total. The van der Waals surface area contributed by atoms with Gasteiger partial charge in [-0.05, 0) is 87.0 Å². The van der Waals surface area contributed by atoms with E-state index >= 15 is 0 Å². The summed E-state index contributed by atoms with van der Waals surface area (Å²) in [5.41, 5.74) is 3.72. The van der Waals surface area contributed by atoms with Gasteiger partial charge in [0.05, 0.1) is 18.5 Å². The van der Waals surface area contributed by atoms with Crippen LogP contribution in [0.25, 0.3) is 0 Å². The lowest BCUT2D eigenvalue weighted by Crippen LogP contribution is -2.46. The third-order valence-electron chi connectivity index (χ3n) is 7.88. The predicted octanol–water partition coefficient (Wildman–Crippen LogP) is 5.37. The fourth-order valence-corrected chi connectivity index (χ4v) is 6.69. The molecule has 2 saturated carbocycles. The highest BCUT2D eigenvalue weighted by Crippen LogP contribution is 2.62. The summed E-state index contributed by atoms with van der Waals surface area (Å²) in [5, 5.41) is 10.7. The third kappa shape index (κ3) is 2.48. The third-order valence-corrected chi connectivity index (χ3v) is 7.88. The summed E-state index contributed by atoms with van der Waals surface area (Å²) >= 11 is 0. The van der Waals surface area contributed by atoms with Gasteiger partial charge in [0.15, 0.2) is 0 Å². The smallest absolute Gasteiger partial charge is 0.0963 e. The molecule has 2 fully saturated rings. The summed E-state index contributed by atoms with van der Waals surface area (Å²) in [6.07, 6.45) is 14.3. The Bertz CT molecular complexity index is 546. The van der Waals surface area contributed by atoms with Gasteiger partial charge in [-0.3, -0.25) is 0 Å². The van der Waals surface area contributed by atoms with Crippen molar-refractivity contribution in [1.82, 2.24) is 0 Å². The van der Waals surface area contributed by atoms with E-state index in [1.165, 1.54) is 44.3 Å². The fourth-order valence-electron chi connectivity index (χ4n) is 6.69. The first-order valence-corrected chi connectivity index (χ1v) is 10.4. The van der Waals surface area contributed by atoms with Gasteiger partial charge >= 0.3 is 0 Å². The molecule has 0 spiro atoms. The molecule has 0 heterocycles. The largest absolute Gasteiger partial charge is 0.498 e. The summed E-state index contributed by atoms with van der Waals surface area (Å²) in [4.78, 5) is 0. The van der Waals surface area contributed by atoms with Crippen molar-refractivity contribution in [3.63, 3.8) is 0 Å². The Morgan fingerprint density at radius 3 is 2.88 bits per heavy atom. The molecule has 0 bridgehead atoms. The molecule has 4 rings (SSSR count). The summed E-state index contributed by atoms with van der Waals surface area (Å²) in [6, 6.07) is 0. The van der Waals surface area contributed by atoms with E-state index in [0.717, 1.165) is 50.0 Å². The second kappa shape index (κ2) is 6.52. The van der Waals surface area contributed by atoms with E-state index in [-0.39, 0.29) is 11.5 Å². The van der Waals surface area contributed by atoms with Crippen LogP contribution < -0.4 is 0 Å². The minimum atomic E-state index is -0.0378. The predicted molar refractivity (Wildman–Crippen MR) is 97.5 cm³/mol. The molecule has 0 aliphatic heterocycles. The molecule has 4 aliphatic carbocycles. The number of ether oxygens (including phenoxy) is 1. The molecular weight excluding hydrogens is 296 g/mol. The highest BCUT2D eigenvalue weighted by molar-refractivity contribution is 5.32. The van der Waals surface area contributed by atoms with Crippen LogP contribution in [-0.2, 0) is 4.74 Å². The maximum absolute atomic E-state index is 10.7. The van der Waals surface area contributed by atoms with Crippen LogP contribution >= 0.6 is 0 Å². The van der Waals surface area contributed by atoms with E-state index in [0.29, 0.717) is 0 Å². The molecular formula is C22H34O2. The van der Waals surface area contributed by atoms with Gasteiger partial charge in [-0.25, -0.2) is 0 Å². The van der Waals surface area contributed by atoms with Gasteiger partial charge < -0.3 is 9.84 Å². The van der Waals surface area contributed by atoms with Crippen molar-refractivity contribution < 1.29 is 9.84 Å².